The Labute approximate surface area is 197 Å². The first kappa shape index (κ1) is 22.8. The summed E-state index contributed by atoms with van der Waals surface area (Å²) in [4.78, 5) is 23.3. The molecule has 0 spiro atoms. The van der Waals surface area contributed by atoms with Crippen LogP contribution in [0.25, 0.3) is 0 Å². The molecule has 0 radical (unpaired) electrons. The molecule has 0 saturated heterocycles. The Hall–Kier alpha value is -2.42. The Morgan fingerprint density at radius 1 is 1.09 bits per heavy atom. The molecular formula is C24H30BrN5O2. The number of carbonyl (C=O) groups is 1. The fourth-order valence-electron chi connectivity index (χ4n) is 4.37. The number of fused-ring (bicyclic) bond motifs is 2. The highest BCUT2D eigenvalue weighted by Crippen LogP contribution is 2.47. The summed E-state index contributed by atoms with van der Waals surface area (Å²) < 4.78 is 0.937. The first-order valence-corrected chi connectivity index (χ1v) is 11.6. The summed E-state index contributed by atoms with van der Waals surface area (Å²) in [5, 5.41) is 11.2. The molecule has 0 aromatic heterocycles. The zero-order valence-corrected chi connectivity index (χ0v) is 20.6. The van der Waals surface area contributed by atoms with Crippen LogP contribution >= 0.6 is 15.9 Å². The summed E-state index contributed by atoms with van der Waals surface area (Å²) in [7, 11) is 6.21. The van der Waals surface area contributed by atoms with Gasteiger partial charge in [0.15, 0.2) is 0 Å². The van der Waals surface area contributed by atoms with Gasteiger partial charge in [-0.15, -0.1) is 0 Å². The molecule has 2 heterocycles. The maximum Gasteiger partial charge on any atom is 0.234 e. The highest BCUT2D eigenvalue weighted by atomic mass is 79.9. The minimum absolute atomic E-state index is 0.0444. The Morgan fingerprint density at radius 2 is 1.88 bits per heavy atom. The van der Waals surface area contributed by atoms with Gasteiger partial charge >= 0.3 is 0 Å². The van der Waals surface area contributed by atoms with E-state index in [9.17, 15) is 4.79 Å². The number of hydrogen-bond acceptors (Lipinski definition) is 6. The van der Waals surface area contributed by atoms with Crippen molar-refractivity contribution in [1.82, 2.24) is 9.80 Å². The van der Waals surface area contributed by atoms with Crippen LogP contribution in [0.1, 0.15) is 24.0 Å². The third-order valence-corrected chi connectivity index (χ3v) is 6.63. The van der Waals surface area contributed by atoms with Crippen molar-refractivity contribution in [3.63, 3.8) is 0 Å². The van der Waals surface area contributed by atoms with Crippen molar-refractivity contribution in [3.05, 3.63) is 58.1 Å². The number of hydrogen-bond donors (Lipinski definition) is 2. The van der Waals surface area contributed by atoms with Crippen LogP contribution in [-0.2, 0) is 9.63 Å². The highest BCUT2D eigenvalue weighted by Gasteiger charge is 2.52. The third kappa shape index (κ3) is 4.40. The molecule has 8 heteroatoms. The summed E-state index contributed by atoms with van der Waals surface area (Å²) in [6, 6.07) is 13.9. The van der Waals surface area contributed by atoms with Gasteiger partial charge in [-0.2, -0.15) is 0 Å². The minimum Gasteiger partial charge on any atom is -0.394 e. The number of carbonyl (C=O) groups excluding carboxylic acids is 1. The van der Waals surface area contributed by atoms with Crippen molar-refractivity contribution >= 4 is 38.9 Å². The average Bonchev–Trinajstić information content (AvgIpc) is 3.22. The smallest absolute Gasteiger partial charge is 0.234 e. The Balaban J connectivity index is 1.59. The monoisotopic (exact) mass is 499 g/mol. The van der Waals surface area contributed by atoms with Crippen LogP contribution in [0.15, 0.2) is 52.1 Å². The molecule has 2 aromatic rings. The molecule has 2 aliphatic heterocycles. The highest BCUT2D eigenvalue weighted by molar-refractivity contribution is 9.10. The molecule has 2 aromatic carbocycles. The lowest BCUT2D eigenvalue weighted by Gasteiger charge is -2.31. The zero-order valence-electron chi connectivity index (χ0n) is 19.0. The number of anilines is 2. The lowest BCUT2D eigenvalue weighted by molar-refractivity contribution is -0.117. The molecule has 0 fully saturated rings. The van der Waals surface area contributed by atoms with Gasteiger partial charge in [0.05, 0.1) is 11.5 Å². The lowest BCUT2D eigenvalue weighted by atomic mass is 9.78. The third-order valence-electron chi connectivity index (χ3n) is 6.14. The molecule has 2 atom stereocenters. The molecule has 7 nitrogen and oxygen atoms in total. The van der Waals surface area contributed by atoms with Crippen molar-refractivity contribution in [3.8, 4) is 0 Å². The minimum atomic E-state index is -0.739. The molecule has 2 aliphatic rings. The van der Waals surface area contributed by atoms with Crippen LogP contribution in [0.4, 0.5) is 11.4 Å². The topological polar surface area (TPSA) is 69.2 Å². The van der Waals surface area contributed by atoms with Crippen molar-refractivity contribution < 1.29 is 9.63 Å². The molecule has 0 bridgehead atoms. The second-order valence-electron chi connectivity index (χ2n) is 8.91. The summed E-state index contributed by atoms with van der Waals surface area (Å²) in [6.45, 7) is 5.23. The van der Waals surface area contributed by atoms with Crippen LogP contribution in [0.2, 0.25) is 0 Å². The Bertz CT molecular complexity index is 1040. The number of benzene rings is 2. The van der Waals surface area contributed by atoms with Crippen molar-refractivity contribution in [2.75, 3.05) is 58.0 Å². The van der Waals surface area contributed by atoms with E-state index < -0.39 is 11.5 Å². The second-order valence-corrected chi connectivity index (χ2v) is 9.82. The fourth-order valence-corrected chi connectivity index (χ4v) is 4.74. The second kappa shape index (κ2) is 9.21. The van der Waals surface area contributed by atoms with Gasteiger partial charge in [-0.25, -0.2) is 0 Å². The maximum absolute atomic E-state index is 13.1. The molecule has 0 saturated carbocycles. The van der Waals surface area contributed by atoms with Gasteiger partial charge in [-0.05, 0) is 57.9 Å². The number of nitrogens with zero attached hydrogens (tertiary/aromatic N) is 3. The molecule has 2 unspecified atom stereocenters. The molecule has 170 valence electrons. The number of halogens is 1. The Morgan fingerprint density at radius 3 is 2.66 bits per heavy atom. The van der Waals surface area contributed by atoms with E-state index in [1.807, 2.05) is 49.4 Å². The van der Waals surface area contributed by atoms with Crippen LogP contribution in [-0.4, -0.2) is 74.3 Å². The summed E-state index contributed by atoms with van der Waals surface area (Å²) >= 11 is 3.55. The molecule has 2 N–H and O–H groups in total. The maximum atomic E-state index is 13.1. The summed E-state index contributed by atoms with van der Waals surface area (Å²) in [5.41, 5.74) is 3.71. The quantitative estimate of drug-likeness (QED) is 0.429. The van der Waals surface area contributed by atoms with E-state index in [1.165, 1.54) is 0 Å². The molecule has 1 amide bonds. The predicted molar refractivity (Wildman–Crippen MR) is 133 cm³/mol. The van der Waals surface area contributed by atoms with E-state index in [1.54, 1.807) is 0 Å². The first-order chi connectivity index (χ1) is 15.3. The van der Waals surface area contributed by atoms with Gasteiger partial charge in [-0.1, -0.05) is 39.3 Å². The zero-order chi connectivity index (χ0) is 22.9. The summed E-state index contributed by atoms with van der Waals surface area (Å²) in [6.07, 6.45) is 0. The molecule has 32 heavy (non-hydrogen) atoms. The normalized spacial score (nSPS) is 22.8. The van der Waals surface area contributed by atoms with Gasteiger partial charge in [0.2, 0.25) is 5.91 Å². The number of likely N-dealkylation sites (N-methyl/N-ethyl adjacent to an activating group) is 2. The van der Waals surface area contributed by atoms with E-state index in [-0.39, 0.29) is 5.91 Å². The average molecular weight is 500 g/mol. The largest absolute Gasteiger partial charge is 0.394 e. The standard InChI is InChI=1S/C24H30BrN5O2/c1-24(21-18-15-16(25)9-10-19(18)26-23(21)31)22(17-7-5-6-8-20(17)27-24)28-32-14-13-30(4)12-11-29(2)3/h5-10,15,21,27H,11-14H2,1-4H3,(H,26,31)/b28-22+. The van der Waals surface area contributed by atoms with Crippen LogP contribution in [0.5, 0.6) is 0 Å². The molecule has 0 aliphatic carbocycles. The van der Waals surface area contributed by atoms with E-state index >= 15 is 0 Å². The molecule has 4 rings (SSSR count). The van der Waals surface area contributed by atoms with Crippen LogP contribution in [0.3, 0.4) is 0 Å². The van der Waals surface area contributed by atoms with E-state index in [0.717, 1.165) is 52.3 Å². The number of amides is 1. The predicted octanol–water partition coefficient (Wildman–Crippen LogP) is 3.58. The van der Waals surface area contributed by atoms with Crippen molar-refractivity contribution in [2.45, 2.75) is 18.4 Å². The number of para-hydroxylation sites is 1. The van der Waals surface area contributed by atoms with E-state index in [0.29, 0.717) is 6.61 Å². The first-order valence-electron chi connectivity index (χ1n) is 10.8. The number of oxime groups is 1. The lowest BCUT2D eigenvalue weighted by Crippen LogP contribution is -2.47. The van der Waals surface area contributed by atoms with Crippen molar-refractivity contribution in [1.29, 1.82) is 0 Å². The van der Waals surface area contributed by atoms with Gasteiger partial charge in [0, 0.05) is 41.0 Å². The SMILES string of the molecule is CN(C)CCN(C)CCO/N=C1\c2ccccc2NC1(C)C1C(=O)Nc2ccc(Br)cc21. The van der Waals surface area contributed by atoms with Crippen molar-refractivity contribution in [2.24, 2.45) is 5.16 Å². The number of nitrogens with one attached hydrogen (secondary N) is 2. The van der Waals surface area contributed by atoms with Crippen LogP contribution in [0, 0.1) is 0 Å². The number of rotatable bonds is 8. The Kier molecular flexibility index (Phi) is 6.55. The van der Waals surface area contributed by atoms with Gasteiger partial charge in [0.25, 0.3) is 0 Å². The summed E-state index contributed by atoms with van der Waals surface area (Å²) in [5.74, 6) is -0.482. The fraction of sp³-hybridized carbons (Fsp3) is 0.417. The van der Waals surface area contributed by atoms with Crippen LogP contribution < -0.4 is 10.6 Å². The van der Waals surface area contributed by atoms with E-state index in [4.69, 9.17) is 4.84 Å². The van der Waals surface area contributed by atoms with Gasteiger partial charge in [-0.3, -0.25) is 4.79 Å². The van der Waals surface area contributed by atoms with E-state index in [2.05, 4.69) is 62.7 Å². The molecular weight excluding hydrogens is 470 g/mol. The van der Waals surface area contributed by atoms with Gasteiger partial charge < -0.3 is 25.3 Å². The van der Waals surface area contributed by atoms with Gasteiger partial charge in [0.1, 0.15) is 12.3 Å².